The van der Waals surface area contributed by atoms with Crippen molar-refractivity contribution < 1.29 is 14.3 Å². The lowest BCUT2D eigenvalue weighted by Crippen LogP contribution is -2.40. The Balaban J connectivity index is 2.30. The van der Waals surface area contributed by atoms with Crippen LogP contribution in [-0.4, -0.2) is 31.0 Å². The summed E-state index contributed by atoms with van der Waals surface area (Å²) in [6.45, 7) is 10.8. The van der Waals surface area contributed by atoms with Gasteiger partial charge in [-0.2, -0.15) is 0 Å². The van der Waals surface area contributed by atoms with Crippen LogP contribution in [0.2, 0.25) is 0 Å². The van der Waals surface area contributed by atoms with Gasteiger partial charge in [0.25, 0.3) is 5.91 Å². The van der Waals surface area contributed by atoms with Gasteiger partial charge in [-0.1, -0.05) is 39.8 Å². The molecule has 1 atom stereocenters. The van der Waals surface area contributed by atoms with E-state index in [-0.39, 0.29) is 11.8 Å². The second-order valence-corrected chi connectivity index (χ2v) is 6.72. The first-order valence-electron chi connectivity index (χ1n) is 8.60. The van der Waals surface area contributed by atoms with Crippen molar-refractivity contribution in [1.82, 2.24) is 10.6 Å². The first-order valence-corrected chi connectivity index (χ1v) is 8.60. The Bertz CT molecular complexity index is 524. The van der Waals surface area contributed by atoms with E-state index in [0.29, 0.717) is 37.1 Å². The SMILES string of the molecule is CC(C)CC(=O)NCCNC(=O)C(C)Oc1ccc(C(C)C)cc1. The maximum Gasteiger partial charge on any atom is 0.260 e. The Labute approximate surface area is 145 Å². The summed E-state index contributed by atoms with van der Waals surface area (Å²) in [5, 5.41) is 5.54. The molecule has 2 N–H and O–H groups in total. The maximum atomic E-state index is 12.0. The van der Waals surface area contributed by atoms with Gasteiger partial charge in [0.1, 0.15) is 5.75 Å². The monoisotopic (exact) mass is 334 g/mol. The van der Waals surface area contributed by atoms with Gasteiger partial charge in [-0.3, -0.25) is 9.59 Å². The van der Waals surface area contributed by atoms with Gasteiger partial charge >= 0.3 is 0 Å². The predicted molar refractivity (Wildman–Crippen MR) is 96.1 cm³/mol. The molecule has 1 aromatic carbocycles. The summed E-state index contributed by atoms with van der Waals surface area (Å²) in [6, 6.07) is 7.78. The lowest BCUT2D eigenvalue weighted by atomic mass is 10.0. The van der Waals surface area contributed by atoms with Crippen LogP contribution in [0.5, 0.6) is 5.75 Å². The van der Waals surface area contributed by atoms with E-state index in [1.54, 1.807) is 6.92 Å². The minimum absolute atomic E-state index is 0.00814. The molecule has 24 heavy (non-hydrogen) atoms. The highest BCUT2D eigenvalue weighted by Crippen LogP contribution is 2.19. The topological polar surface area (TPSA) is 67.4 Å². The van der Waals surface area contributed by atoms with Crippen molar-refractivity contribution in [3.63, 3.8) is 0 Å². The first-order chi connectivity index (χ1) is 11.3. The fraction of sp³-hybridized carbons (Fsp3) is 0.579. The molecular weight excluding hydrogens is 304 g/mol. The van der Waals surface area contributed by atoms with E-state index < -0.39 is 6.10 Å². The highest BCUT2D eigenvalue weighted by atomic mass is 16.5. The fourth-order valence-electron chi connectivity index (χ4n) is 2.16. The second-order valence-electron chi connectivity index (χ2n) is 6.72. The molecule has 0 bridgehead atoms. The van der Waals surface area contributed by atoms with Crippen LogP contribution in [0, 0.1) is 5.92 Å². The van der Waals surface area contributed by atoms with Gasteiger partial charge in [-0.05, 0) is 36.5 Å². The molecule has 0 saturated carbocycles. The van der Waals surface area contributed by atoms with Crippen LogP contribution < -0.4 is 15.4 Å². The number of benzene rings is 1. The number of rotatable bonds is 9. The molecule has 1 unspecified atom stereocenters. The van der Waals surface area contributed by atoms with E-state index in [4.69, 9.17) is 4.74 Å². The summed E-state index contributed by atoms with van der Waals surface area (Å²) in [5.74, 6) is 1.28. The van der Waals surface area contributed by atoms with E-state index in [1.807, 2.05) is 38.1 Å². The molecule has 5 heteroatoms. The Kier molecular flexibility index (Phi) is 8.30. The summed E-state index contributed by atoms with van der Waals surface area (Å²) in [6.07, 6.45) is -0.0823. The van der Waals surface area contributed by atoms with E-state index in [1.165, 1.54) is 5.56 Å². The van der Waals surface area contributed by atoms with Crippen molar-refractivity contribution in [2.75, 3.05) is 13.1 Å². The third-order valence-electron chi connectivity index (χ3n) is 3.57. The molecule has 0 aromatic heterocycles. The largest absolute Gasteiger partial charge is 0.481 e. The zero-order valence-electron chi connectivity index (χ0n) is 15.4. The first kappa shape index (κ1) is 20.0. The van der Waals surface area contributed by atoms with Crippen LogP contribution in [0.1, 0.15) is 52.5 Å². The second kappa shape index (κ2) is 9.96. The van der Waals surface area contributed by atoms with Crippen molar-refractivity contribution in [1.29, 1.82) is 0 Å². The molecule has 0 aliphatic heterocycles. The number of amides is 2. The van der Waals surface area contributed by atoms with Gasteiger partial charge in [0.2, 0.25) is 5.91 Å². The van der Waals surface area contributed by atoms with E-state index >= 15 is 0 Å². The Morgan fingerprint density at radius 3 is 2.08 bits per heavy atom. The number of hydrogen-bond donors (Lipinski definition) is 2. The molecule has 0 heterocycles. The molecule has 1 aromatic rings. The van der Waals surface area contributed by atoms with Crippen LogP contribution in [-0.2, 0) is 9.59 Å². The Morgan fingerprint density at radius 1 is 0.958 bits per heavy atom. The minimum Gasteiger partial charge on any atom is -0.481 e. The number of carbonyl (C=O) groups is 2. The zero-order valence-corrected chi connectivity index (χ0v) is 15.4. The minimum atomic E-state index is -0.582. The molecular formula is C19H30N2O3. The van der Waals surface area contributed by atoms with Crippen LogP contribution in [0.4, 0.5) is 0 Å². The molecule has 2 amide bonds. The van der Waals surface area contributed by atoms with Gasteiger partial charge in [0.05, 0.1) is 0 Å². The number of hydrogen-bond acceptors (Lipinski definition) is 3. The van der Waals surface area contributed by atoms with Gasteiger partial charge in [-0.25, -0.2) is 0 Å². The zero-order chi connectivity index (χ0) is 18.1. The highest BCUT2D eigenvalue weighted by molar-refractivity contribution is 5.80. The smallest absolute Gasteiger partial charge is 0.260 e. The van der Waals surface area contributed by atoms with Crippen LogP contribution >= 0.6 is 0 Å². The van der Waals surface area contributed by atoms with Crippen molar-refractivity contribution >= 4 is 11.8 Å². The average molecular weight is 334 g/mol. The Hall–Kier alpha value is -2.04. The maximum absolute atomic E-state index is 12.0. The van der Waals surface area contributed by atoms with Crippen molar-refractivity contribution in [3.8, 4) is 5.75 Å². The number of nitrogens with one attached hydrogen (secondary N) is 2. The quantitative estimate of drug-likeness (QED) is 0.682. The summed E-state index contributed by atoms with van der Waals surface area (Å²) < 4.78 is 5.64. The van der Waals surface area contributed by atoms with Crippen LogP contribution in [0.3, 0.4) is 0 Å². The van der Waals surface area contributed by atoms with E-state index in [9.17, 15) is 9.59 Å². The highest BCUT2D eigenvalue weighted by Gasteiger charge is 2.14. The third-order valence-corrected chi connectivity index (χ3v) is 3.57. The fourth-order valence-corrected chi connectivity index (χ4v) is 2.16. The molecule has 134 valence electrons. The predicted octanol–water partition coefficient (Wildman–Crippen LogP) is 2.86. The summed E-state index contributed by atoms with van der Waals surface area (Å²) in [4.78, 5) is 23.5. The molecule has 0 spiro atoms. The molecule has 0 aliphatic rings. The number of ether oxygens (including phenoxy) is 1. The van der Waals surface area contributed by atoms with Crippen LogP contribution in [0.25, 0.3) is 0 Å². The van der Waals surface area contributed by atoms with Gasteiger partial charge in [0.15, 0.2) is 6.10 Å². The van der Waals surface area contributed by atoms with E-state index in [2.05, 4.69) is 24.5 Å². The number of carbonyl (C=O) groups excluding carboxylic acids is 2. The lowest BCUT2D eigenvalue weighted by molar-refractivity contribution is -0.127. The van der Waals surface area contributed by atoms with Gasteiger partial charge in [-0.15, -0.1) is 0 Å². The molecule has 0 fully saturated rings. The summed E-state index contributed by atoms with van der Waals surface area (Å²) >= 11 is 0. The van der Waals surface area contributed by atoms with Gasteiger partial charge < -0.3 is 15.4 Å². The lowest BCUT2D eigenvalue weighted by Gasteiger charge is -2.15. The molecule has 5 nitrogen and oxygen atoms in total. The standard InChI is InChI=1S/C19H30N2O3/c1-13(2)12-18(22)20-10-11-21-19(23)15(5)24-17-8-6-16(7-9-17)14(3)4/h6-9,13-15H,10-12H2,1-5H3,(H,20,22)(H,21,23). The van der Waals surface area contributed by atoms with Crippen molar-refractivity contribution in [2.45, 2.75) is 53.1 Å². The molecule has 0 radical (unpaired) electrons. The summed E-state index contributed by atoms with van der Waals surface area (Å²) in [5.41, 5.74) is 1.23. The van der Waals surface area contributed by atoms with Gasteiger partial charge in [0, 0.05) is 19.5 Å². The van der Waals surface area contributed by atoms with Crippen molar-refractivity contribution in [2.24, 2.45) is 5.92 Å². The average Bonchev–Trinajstić information content (AvgIpc) is 2.51. The molecule has 0 aliphatic carbocycles. The van der Waals surface area contributed by atoms with E-state index in [0.717, 1.165) is 0 Å². The molecule has 1 rings (SSSR count). The summed E-state index contributed by atoms with van der Waals surface area (Å²) in [7, 11) is 0. The Morgan fingerprint density at radius 2 is 1.54 bits per heavy atom. The van der Waals surface area contributed by atoms with Crippen LogP contribution in [0.15, 0.2) is 24.3 Å². The van der Waals surface area contributed by atoms with Crippen molar-refractivity contribution in [3.05, 3.63) is 29.8 Å². The normalized spacial score (nSPS) is 12.1. The third kappa shape index (κ3) is 7.49. The molecule has 0 saturated heterocycles.